The van der Waals surface area contributed by atoms with Crippen LogP contribution in [0.2, 0.25) is 0 Å². The van der Waals surface area contributed by atoms with Gasteiger partial charge in [0.05, 0.1) is 0 Å². The van der Waals surface area contributed by atoms with E-state index in [1.807, 2.05) is 18.2 Å². The molecule has 0 saturated heterocycles. The lowest BCUT2D eigenvalue weighted by Crippen LogP contribution is -2.10. The largest absolute Gasteiger partial charge is 0.508 e. The van der Waals surface area contributed by atoms with Crippen molar-refractivity contribution in [3.63, 3.8) is 0 Å². The van der Waals surface area contributed by atoms with Gasteiger partial charge in [-0.3, -0.25) is 0 Å². The number of rotatable bonds is 3. The third-order valence-corrected chi connectivity index (χ3v) is 4.89. The molecule has 1 fully saturated rings. The van der Waals surface area contributed by atoms with Crippen LogP contribution in [0.15, 0.2) is 48.5 Å². The Labute approximate surface area is 127 Å². The van der Waals surface area contributed by atoms with Crippen molar-refractivity contribution in [2.24, 2.45) is 0 Å². The van der Waals surface area contributed by atoms with Gasteiger partial charge >= 0.3 is 0 Å². The average molecular weight is 280 g/mol. The SMILES string of the molecule is CC(c1ccccc1)c1c(O)cccc1C1CCCCC1. The van der Waals surface area contributed by atoms with Crippen LogP contribution in [0.3, 0.4) is 0 Å². The highest BCUT2D eigenvalue weighted by atomic mass is 16.3. The maximum atomic E-state index is 10.5. The summed E-state index contributed by atoms with van der Waals surface area (Å²) in [5.41, 5.74) is 3.78. The Kier molecular flexibility index (Phi) is 4.28. The van der Waals surface area contributed by atoms with Crippen molar-refractivity contribution in [3.8, 4) is 5.75 Å². The van der Waals surface area contributed by atoms with E-state index < -0.39 is 0 Å². The van der Waals surface area contributed by atoms with E-state index in [2.05, 4.69) is 37.3 Å². The standard InChI is InChI=1S/C20H24O/c1-15(16-9-4-2-5-10-16)20-18(13-8-14-19(20)21)17-11-6-3-7-12-17/h2,4-5,8-10,13-15,17,21H,3,6-7,11-12H2,1H3. The van der Waals surface area contributed by atoms with E-state index in [4.69, 9.17) is 0 Å². The van der Waals surface area contributed by atoms with Crippen LogP contribution < -0.4 is 0 Å². The lowest BCUT2D eigenvalue weighted by atomic mass is 9.78. The van der Waals surface area contributed by atoms with Gasteiger partial charge in [0.15, 0.2) is 0 Å². The van der Waals surface area contributed by atoms with Crippen molar-refractivity contribution in [1.29, 1.82) is 0 Å². The summed E-state index contributed by atoms with van der Waals surface area (Å²) in [6.07, 6.45) is 6.52. The number of phenols is 1. The average Bonchev–Trinajstić information content (AvgIpc) is 2.55. The highest BCUT2D eigenvalue weighted by molar-refractivity contribution is 5.47. The van der Waals surface area contributed by atoms with Crippen molar-refractivity contribution in [2.45, 2.75) is 50.9 Å². The molecule has 2 aromatic rings. The molecule has 0 aliphatic heterocycles. The molecule has 1 aliphatic carbocycles. The lowest BCUT2D eigenvalue weighted by Gasteiger charge is -2.27. The molecule has 2 aromatic carbocycles. The van der Waals surface area contributed by atoms with E-state index >= 15 is 0 Å². The van der Waals surface area contributed by atoms with Gasteiger partial charge in [0.2, 0.25) is 0 Å². The third kappa shape index (κ3) is 2.97. The van der Waals surface area contributed by atoms with Gasteiger partial charge in [0.25, 0.3) is 0 Å². The molecule has 1 saturated carbocycles. The molecule has 0 radical (unpaired) electrons. The van der Waals surface area contributed by atoms with Gasteiger partial charge in [-0.25, -0.2) is 0 Å². The molecule has 1 nitrogen and oxygen atoms in total. The van der Waals surface area contributed by atoms with E-state index in [1.165, 1.54) is 43.2 Å². The lowest BCUT2D eigenvalue weighted by molar-refractivity contribution is 0.431. The second-order valence-electron chi connectivity index (χ2n) is 6.25. The van der Waals surface area contributed by atoms with E-state index in [9.17, 15) is 5.11 Å². The zero-order valence-corrected chi connectivity index (χ0v) is 12.8. The smallest absolute Gasteiger partial charge is 0.119 e. The van der Waals surface area contributed by atoms with E-state index in [1.54, 1.807) is 0 Å². The molecule has 3 rings (SSSR count). The minimum atomic E-state index is 0.240. The van der Waals surface area contributed by atoms with Crippen LogP contribution in [0.5, 0.6) is 5.75 Å². The summed E-state index contributed by atoms with van der Waals surface area (Å²) in [5, 5.41) is 10.5. The maximum absolute atomic E-state index is 10.5. The Hall–Kier alpha value is -1.76. The van der Waals surface area contributed by atoms with Crippen LogP contribution in [-0.2, 0) is 0 Å². The third-order valence-electron chi connectivity index (χ3n) is 4.89. The van der Waals surface area contributed by atoms with Crippen LogP contribution in [-0.4, -0.2) is 5.11 Å². The Morgan fingerprint density at radius 3 is 2.33 bits per heavy atom. The van der Waals surface area contributed by atoms with Gasteiger partial charge in [0.1, 0.15) is 5.75 Å². The molecule has 1 N–H and O–H groups in total. The normalized spacial score (nSPS) is 17.6. The van der Waals surface area contributed by atoms with E-state index in [-0.39, 0.29) is 5.92 Å². The molecule has 0 bridgehead atoms. The molecular formula is C20H24O. The topological polar surface area (TPSA) is 20.2 Å². The van der Waals surface area contributed by atoms with Gasteiger partial charge in [-0.15, -0.1) is 0 Å². The minimum absolute atomic E-state index is 0.240. The molecule has 110 valence electrons. The maximum Gasteiger partial charge on any atom is 0.119 e. The fourth-order valence-corrected chi connectivity index (χ4v) is 3.72. The molecular weight excluding hydrogens is 256 g/mol. The Morgan fingerprint density at radius 1 is 0.905 bits per heavy atom. The highest BCUT2D eigenvalue weighted by Gasteiger charge is 2.23. The number of benzene rings is 2. The Morgan fingerprint density at radius 2 is 1.62 bits per heavy atom. The molecule has 0 spiro atoms. The number of hydrogen-bond donors (Lipinski definition) is 1. The first-order valence-electron chi connectivity index (χ1n) is 8.14. The first kappa shape index (κ1) is 14.2. The molecule has 0 amide bonds. The van der Waals surface area contributed by atoms with Gasteiger partial charge in [-0.05, 0) is 36.0 Å². The number of phenolic OH excluding ortho intramolecular Hbond substituents is 1. The summed E-state index contributed by atoms with van der Waals surface area (Å²) < 4.78 is 0. The summed E-state index contributed by atoms with van der Waals surface area (Å²) in [4.78, 5) is 0. The summed E-state index contributed by atoms with van der Waals surface area (Å²) >= 11 is 0. The summed E-state index contributed by atoms with van der Waals surface area (Å²) in [6, 6.07) is 16.6. The van der Waals surface area contributed by atoms with Gasteiger partial charge in [-0.2, -0.15) is 0 Å². The second-order valence-corrected chi connectivity index (χ2v) is 6.25. The summed E-state index contributed by atoms with van der Waals surface area (Å²) in [6.45, 7) is 2.21. The van der Waals surface area contributed by atoms with Crippen LogP contribution in [0.1, 0.15) is 67.6 Å². The van der Waals surface area contributed by atoms with Crippen LogP contribution in [0, 0.1) is 0 Å². The predicted molar refractivity (Wildman–Crippen MR) is 87.9 cm³/mol. The highest BCUT2D eigenvalue weighted by Crippen LogP contribution is 2.41. The van der Waals surface area contributed by atoms with E-state index in [0.29, 0.717) is 11.7 Å². The zero-order chi connectivity index (χ0) is 14.7. The molecule has 21 heavy (non-hydrogen) atoms. The fraction of sp³-hybridized carbons (Fsp3) is 0.400. The number of hydrogen-bond acceptors (Lipinski definition) is 1. The first-order valence-corrected chi connectivity index (χ1v) is 8.14. The molecule has 0 aromatic heterocycles. The van der Waals surface area contributed by atoms with Crippen molar-refractivity contribution < 1.29 is 5.11 Å². The quantitative estimate of drug-likeness (QED) is 0.776. The zero-order valence-electron chi connectivity index (χ0n) is 12.8. The Bertz CT molecular complexity index is 582. The molecule has 1 aliphatic rings. The monoisotopic (exact) mass is 280 g/mol. The Balaban J connectivity index is 2.00. The molecule has 0 heterocycles. The van der Waals surface area contributed by atoms with Crippen LogP contribution in [0.25, 0.3) is 0 Å². The van der Waals surface area contributed by atoms with Crippen molar-refractivity contribution in [1.82, 2.24) is 0 Å². The summed E-state index contributed by atoms with van der Waals surface area (Å²) in [7, 11) is 0. The first-order chi connectivity index (χ1) is 10.3. The van der Waals surface area contributed by atoms with Gasteiger partial charge in [0, 0.05) is 11.5 Å². The minimum Gasteiger partial charge on any atom is -0.508 e. The molecule has 1 unspecified atom stereocenters. The van der Waals surface area contributed by atoms with Gasteiger partial charge < -0.3 is 5.11 Å². The molecule has 1 atom stereocenters. The number of aromatic hydroxyl groups is 1. The molecule has 1 heteroatoms. The van der Waals surface area contributed by atoms with Crippen molar-refractivity contribution in [3.05, 3.63) is 65.2 Å². The van der Waals surface area contributed by atoms with Crippen LogP contribution >= 0.6 is 0 Å². The van der Waals surface area contributed by atoms with Gasteiger partial charge in [-0.1, -0.05) is 68.7 Å². The van der Waals surface area contributed by atoms with Crippen molar-refractivity contribution >= 4 is 0 Å². The second kappa shape index (κ2) is 6.34. The fourth-order valence-electron chi connectivity index (χ4n) is 3.72. The van der Waals surface area contributed by atoms with Crippen molar-refractivity contribution in [2.75, 3.05) is 0 Å². The van der Waals surface area contributed by atoms with Crippen LogP contribution in [0.4, 0.5) is 0 Å². The van der Waals surface area contributed by atoms with E-state index in [0.717, 1.165) is 5.56 Å². The summed E-state index contributed by atoms with van der Waals surface area (Å²) in [5.74, 6) is 1.31. The predicted octanol–water partition coefficient (Wildman–Crippen LogP) is 5.59.